The summed E-state index contributed by atoms with van der Waals surface area (Å²) in [6, 6.07) is 1.15. The van der Waals surface area contributed by atoms with E-state index in [-0.39, 0.29) is 12.5 Å². The molecule has 0 aliphatic carbocycles. The molecule has 0 bridgehead atoms. The van der Waals surface area contributed by atoms with Gasteiger partial charge in [0.1, 0.15) is 23.3 Å². The fourth-order valence-corrected chi connectivity index (χ4v) is 4.36. The fourth-order valence-electron chi connectivity index (χ4n) is 4.36. The van der Waals surface area contributed by atoms with Gasteiger partial charge in [0.2, 0.25) is 0 Å². The third kappa shape index (κ3) is 6.12. The Kier molecular flexibility index (Phi) is 7.18. The molecule has 0 aromatic carbocycles. The molecule has 1 aliphatic heterocycles. The zero-order valence-electron chi connectivity index (χ0n) is 22.9. The van der Waals surface area contributed by atoms with Crippen molar-refractivity contribution >= 4 is 29.9 Å². The van der Waals surface area contributed by atoms with Gasteiger partial charge in [-0.15, -0.1) is 0 Å². The van der Waals surface area contributed by atoms with E-state index in [1.54, 1.807) is 69.2 Å². The largest absolute Gasteiger partial charge is 0.444 e. The molecule has 1 fully saturated rings. The highest BCUT2D eigenvalue weighted by molar-refractivity contribution is 5.86. The molecule has 0 saturated carbocycles. The molecule has 2 amide bonds. The minimum Gasteiger partial charge on any atom is -0.444 e. The Balaban J connectivity index is 1.74. The predicted octanol–water partition coefficient (Wildman–Crippen LogP) is 4.16. The van der Waals surface area contributed by atoms with Crippen molar-refractivity contribution in [2.75, 3.05) is 11.9 Å². The molecular formula is C26H35N7O5. The molecule has 3 aromatic rings. The molecule has 0 unspecified atom stereocenters. The highest BCUT2D eigenvalue weighted by atomic mass is 16.6. The third-order valence-electron chi connectivity index (χ3n) is 5.97. The van der Waals surface area contributed by atoms with E-state index in [0.29, 0.717) is 30.0 Å². The van der Waals surface area contributed by atoms with Gasteiger partial charge in [-0.2, -0.15) is 14.7 Å². The molecule has 12 heteroatoms. The van der Waals surface area contributed by atoms with Gasteiger partial charge in [0.25, 0.3) is 0 Å². The Bertz CT molecular complexity index is 1350. The maximum absolute atomic E-state index is 12.9. The molecule has 0 spiro atoms. The number of hydrogen-bond donors (Lipinski definition) is 1. The number of nitrogens with one attached hydrogen (secondary N) is 1. The van der Waals surface area contributed by atoms with Crippen LogP contribution in [0.25, 0.3) is 16.8 Å². The summed E-state index contributed by atoms with van der Waals surface area (Å²) in [5, 5.41) is 11.5. The first-order chi connectivity index (χ1) is 17.7. The van der Waals surface area contributed by atoms with E-state index in [1.165, 1.54) is 4.90 Å². The minimum atomic E-state index is -0.699. The van der Waals surface area contributed by atoms with Gasteiger partial charge < -0.3 is 14.3 Å². The van der Waals surface area contributed by atoms with Gasteiger partial charge in [-0.05, 0) is 54.4 Å². The number of hydrogen-bond acceptors (Lipinski definition) is 8. The summed E-state index contributed by atoms with van der Waals surface area (Å²) in [5.74, 6) is 0.162. The molecule has 2 atom stereocenters. The Morgan fingerprint density at radius 1 is 1.05 bits per heavy atom. The van der Waals surface area contributed by atoms with Gasteiger partial charge in [-0.3, -0.25) is 14.9 Å². The van der Waals surface area contributed by atoms with Crippen LogP contribution in [-0.4, -0.2) is 71.5 Å². The predicted molar refractivity (Wildman–Crippen MR) is 140 cm³/mol. The number of anilines is 1. The maximum Gasteiger partial charge on any atom is 0.413 e. The van der Waals surface area contributed by atoms with Crippen LogP contribution in [0.5, 0.6) is 0 Å². The minimum absolute atomic E-state index is 0.209. The van der Waals surface area contributed by atoms with Crippen molar-refractivity contribution in [3.05, 3.63) is 30.4 Å². The van der Waals surface area contributed by atoms with E-state index < -0.39 is 29.4 Å². The van der Waals surface area contributed by atoms with Gasteiger partial charge in [0, 0.05) is 42.9 Å². The second-order valence-electron chi connectivity index (χ2n) is 11.5. The number of fused-ring (bicyclic) bond motifs is 1. The Hall–Kier alpha value is -3.96. The topological polar surface area (TPSA) is 133 Å². The molecule has 1 saturated heterocycles. The molecule has 4 heterocycles. The van der Waals surface area contributed by atoms with Crippen molar-refractivity contribution in [2.24, 2.45) is 7.05 Å². The molecule has 4 rings (SSSR count). The number of likely N-dealkylation sites (tertiary alicyclic amines) is 1. The number of aldehydes is 1. The number of amides is 2. The number of rotatable bonds is 4. The molecule has 38 heavy (non-hydrogen) atoms. The SMILES string of the molecule is Cn1cc(-c2cnn3c(NC(=O)OC(C)(C)C)cc([C@H]4CC[C@@H](C=O)N(C(=O)OC(C)(C)C)C4)nc23)cn1. The summed E-state index contributed by atoms with van der Waals surface area (Å²) in [5.41, 5.74) is 1.32. The number of aryl methyl sites for hydroxylation is 1. The molecule has 1 N–H and O–H groups in total. The summed E-state index contributed by atoms with van der Waals surface area (Å²) in [4.78, 5) is 43.8. The van der Waals surface area contributed by atoms with Crippen molar-refractivity contribution < 1.29 is 23.9 Å². The number of carbonyl (C=O) groups is 3. The lowest BCUT2D eigenvalue weighted by Gasteiger charge is -2.37. The average molecular weight is 526 g/mol. The van der Waals surface area contributed by atoms with E-state index in [2.05, 4.69) is 15.5 Å². The molecule has 1 aliphatic rings. The van der Waals surface area contributed by atoms with Crippen molar-refractivity contribution in [1.29, 1.82) is 0 Å². The van der Waals surface area contributed by atoms with Crippen LogP contribution < -0.4 is 5.32 Å². The summed E-state index contributed by atoms with van der Waals surface area (Å²) in [6.07, 6.45) is 5.92. The number of ether oxygens (including phenoxy) is 2. The van der Waals surface area contributed by atoms with Crippen LogP contribution >= 0.6 is 0 Å². The average Bonchev–Trinajstić information content (AvgIpc) is 3.42. The van der Waals surface area contributed by atoms with Crippen LogP contribution in [0.4, 0.5) is 15.4 Å². The fraction of sp³-hybridized carbons (Fsp3) is 0.538. The monoisotopic (exact) mass is 525 g/mol. The Labute approximate surface area is 221 Å². The highest BCUT2D eigenvalue weighted by Crippen LogP contribution is 2.33. The smallest absolute Gasteiger partial charge is 0.413 e. The van der Waals surface area contributed by atoms with Crippen LogP contribution in [0.3, 0.4) is 0 Å². The first-order valence-electron chi connectivity index (χ1n) is 12.6. The molecule has 3 aromatic heterocycles. The highest BCUT2D eigenvalue weighted by Gasteiger charge is 2.36. The number of carbonyl (C=O) groups excluding carboxylic acids is 3. The van der Waals surface area contributed by atoms with Crippen LogP contribution in [-0.2, 0) is 21.3 Å². The lowest BCUT2D eigenvalue weighted by molar-refractivity contribution is -0.113. The summed E-state index contributed by atoms with van der Waals surface area (Å²) in [7, 11) is 1.82. The van der Waals surface area contributed by atoms with Gasteiger partial charge in [0.15, 0.2) is 5.65 Å². The van der Waals surface area contributed by atoms with Crippen molar-refractivity contribution in [1.82, 2.24) is 29.3 Å². The zero-order chi connectivity index (χ0) is 27.8. The normalized spacial score (nSPS) is 18.3. The van der Waals surface area contributed by atoms with Gasteiger partial charge >= 0.3 is 12.2 Å². The van der Waals surface area contributed by atoms with Crippen LogP contribution in [0, 0.1) is 0 Å². The lowest BCUT2D eigenvalue weighted by Crippen LogP contribution is -2.49. The molecule has 0 radical (unpaired) electrons. The molecule has 12 nitrogen and oxygen atoms in total. The van der Waals surface area contributed by atoms with Gasteiger partial charge in [0.05, 0.1) is 24.1 Å². The lowest BCUT2D eigenvalue weighted by atomic mass is 9.90. The van der Waals surface area contributed by atoms with Crippen LogP contribution in [0.2, 0.25) is 0 Å². The standard InChI is InChI=1S/C26H35N7O5/c1-25(2,3)37-23(35)30-21-10-20(29-22-19(12-28-33(21)22)17-11-27-31(7)13-17)16-8-9-18(15-34)32(14-16)24(36)38-26(4,5)6/h10-13,15-16,18H,8-9,14H2,1-7H3,(H,30,35)/t16-,18-/m0/s1. The summed E-state index contributed by atoms with van der Waals surface area (Å²) in [6.45, 7) is 10.9. The van der Waals surface area contributed by atoms with E-state index in [9.17, 15) is 14.4 Å². The van der Waals surface area contributed by atoms with E-state index >= 15 is 0 Å². The second kappa shape index (κ2) is 10.1. The summed E-state index contributed by atoms with van der Waals surface area (Å²) < 4.78 is 14.2. The van der Waals surface area contributed by atoms with Crippen molar-refractivity contribution in [3.63, 3.8) is 0 Å². The summed E-state index contributed by atoms with van der Waals surface area (Å²) >= 11 is 0. The molecular weight excluding hydrogens is 490 g/mol. The second-order valence-corrected chi connectivity index (χ2v) is 11.5. The van der Waals surface area contributed by atoms with Crippen molar-refractivity contribution in [2.45, 2.75) is 77.5 Å². The zero-order valence-corrected chi connectivity index (χ0v) is 22.9. The number of piperidine rings is 1. The number of aromatic nitrogens is 5. The van der Waals surface area contributed by atoms with Gasteiger partial charge in [-0.1, -0.05) is 0 Å². The molecule has 204 valence electrons. The van der Waals surface area contributed by atoms with Crippen LogP contribution in [0.1, 0.15) is 66.0 Å². The first-order valence-corrected chi connectivity index (χ1v) is 12.6. The first kappa shape index (κ1) is 27.1. The van der Waals surface area contributed by atoms with Gasteiger partial charge in [-0.25, -0.2) is 14.6 Å². The quantitative estimate of drug-likeness (QED) is 0.502. The van der Waals surface area contributed by atoms with E-state index in [4.69, 9.17) is 14.5 Å². The van der Waals surface area contributed by atoms with Crippen LogP contribution in [0.15, 0.2) is 24.7 Å². The Morgan fingerprint density at radius 3 is 2.37 bits per heavy atom. The number of nitrogens with zero attached hydrogens (tertiary/aromatic N) is 6. The van der Waals surface area contributed by atoms with Crippen molar-refractivity contribution in [3.8, 4) is 11.1 Å². The third-order valence-corrected chi connectivity index (χ3v) is 5.97. The van der Waals surface area contributed by atoms with E-state index in [1.807, 2.05) is 13.2 Å². The Morgan fingerprint density at radius 2 is 1.76 bits per heavy atom. The van der Waals surface area contributed by atoms with E-state index in [0.717, 1.165) is 17.4 Å². The maximum atomic E-state index is 12.9.